The number of hydrogen-bond donors (Lipinski definition) is 0. The first-order valence-corrected chi connectivity index (χ1v) is 15.8. The maximum Gasteiger partial charge on any atom is 0.341 e. The number of carbonyl (C=O) groups excluding carboxylic acids is 1. The first-order chi connectivity index (χ1) is 20.5. The average Bonchev–Trinajstić information content (AvgIpc) is 3.46. The quantitative estimate of drug-likeness (QED) is 0.113. The summed E-state index contributed by atoms with van der Waals surface area (Å²) < 4.78 is 15.3. The summed E-state index contributed by atoms with van der Waals surface area (Å²) >= 11 is 0. The van der Waals surface area contributed by atoms with Crippen molar-refractivity contribution in [1.82, 2.24) is 9.55 Å². The highest BCUT2D eigenvalue weighted by atomic mass is 16.6. The molecule has 1 atom stereocenters. The van der Waals surface area contributed by atoms with Gasteiger partial charge in [-0.15, -0.1) is 0 Å². The van der Waals surface area contributed by atoms with Crippen molar-refractivity contribution in [3.63, 3.8) is 0 Å². The Labute approximate surface area is 250 Å². The smallest absolute Gasteiger partial charge is 0.341 e. The van der Waals surface area contributed by atoms with Crippen molar-refractivity contribution in [3.05, 3.63) is 88.9 Å². The Kier molecular flexibility index (Phi) is 9.20. The molecule has 0 spiro atoms. The number of rotatable bonds is 14. The van der Waals surface area contributed by atoms with Gasteiger partial charge in [0, 0.05) is 65.3 Å². The molecule has 0 saturated heterocycles. The van der Waals surface area contributed by atoms with Crippen LogP contribution in [0.25, 0.3) is 10.9 Å². The minimum Gasteiger partial charge on any atom is -0.493 e. The molecule has 3 heterocycles. The van der Waals surface area contributed by atoms with E-state index in [1.54, 1.807) is 12.3 Å². The summed E-state index contributed by atoms with van der Waals surface area (Å²) in [5.74, 6) is 0.348. The monoisotopic (exact) mass is 567 g/mol. The van der Waals surface area contributed by atoms with Crippen molar-refractivity contribution in [3.8, 4) is 5.75 Å². The number of esters is 1. The fraction of sp³-hybridized carbons (Fsp3) is 0.444. The Hall–Kier alpha value is -3.80. The highest BCUT2D eigenvalue weighted by molar-refractivity contribution is 5.98. The van der Waals surface area contributed by atoms with E-state index in [4.69, 9.17) is 14.5 Å². The van der Waals surface area contributed by atoms with Gasteiger partial charge in [-0.05, 0) is 64.4 Å². The van der Waals surface area contributed by atoms with Gasteiger partial charge in [0.1, 0.15) is 11.4 Å². The maximum absolute atomic E-state index is 13.6. The summed E-state index contributed by atoms with van der Waals surface area (Å²) in [6.07, 6.45) is 9.16. The molecule has 4 aromatic rings. The van der Waals surface area contributed by atoms with E-state index in [0.717, 1.165) is 59.5 Å². The number of cyclic esters (lactones) is 1. The number of unbranched alkanes of at least 4 members (excludes halogenated alkanes) is 5. The zero-order valence-corrected chi connectivity index (χ0v) is 25.9. The van der Waals surface area contributed by atoms with Gasteiger partial charge in [0.05, 0.1) is 12.2 Å². The van der Waals surface area contributed by atoms with Crippen LogP contribution in [-0.4, -0.2) is 35.2 Å². The van der Waals surface area contributed by atoms with E-state index in [0.29, 0.717) is 23.6 Å². The number of pyridine rings is 1. The molecule has 0 aliphatic carbocycles. The minimum absolute atomic E-state index is 0.361. The zero-order chi connectivity index (χ0) is 29.7. The van der Waals surface area contributed by atoms with Crippen LogP contribution in [0, 0.1) is 6.92 Å². The SMILES string of the molecule is CCCCCCCCn1c(C)c(C2(c3ccc(N(CC)CC)cc3OCC)OC(=O)c3cccnc32)c2ccccc21. The Balaban J connectivity index is 1.73. The summed E-state index contributed by atoms with van der Waals surface area (Å²) in [4.78, 5) is 20.7. The molecule has 42 heavy (non-hydrogen) atoms. The second-order valence-corrected chi connectivity index (χ2v) is 11.2. The third kappa shape index (κ3) is 5.16. The standard InChI is InChI=1S/C36H45N3O3/c1-6-10-11-12-13-16-24-39-26(5)33(28-18-14-15-20-31(28)39)36(34-29(35(40)42-36)19-17-23-37-34)30-22-21-27(38(7-2)8-3)25-32(30)41-9-4/h14-15,17-23,25H,6-13,16,24H2,1-5H3. The van der Waals surface area contributed by atoms with Crippen molar-refractivity contribution >= 4 is 22.6 Å². The van der Waals surface area contributed by atoms with E-state index < -0.39 is 5.60 Å². The van der Waals surface area contributed by atoms with Gasteiger partial charge in [-0.3, -0.25) is 4.98 Å². The molecule has 6 nitrogen and oxygen atoms in total. The number of ether oxygens (including phenoxy) is 2. The number of anilines is 1. The van der Waals surface area contributed by atoms with Crippen LogP contribution in [0.1, 0.15) is 99.1 Å². The second-order valence-electron chi connectivity index (χ2n) is 11.2. The fourth-order valence-electron chi connectivity index (χ4n) is 6.66. The number of aromatic nitrogens is 2. The number of hydrogen-bond acceptors (Lipinski definition) is 5. The molecule has 6 heteroatoms. The molecule has 222 valence electrons. The van der Waals surface area contributed by atoms with Crippen molar-refractivity contribution < 1.29 is 14.3 Å². The van der Waals surface area contributed by atoms with Gasteiger partial charge in [0.25, 0.3) is 0 Å². The van der Waals surface area contributed by atoms with Crippen LogP contribution in [-0.2, 0) is 16.9 Å². The predicted octanol–water partition coefficient (Wildman–Crippen LogP) is 8.41. The van der Waals surface area contributed by atoms with E-state index in [1.807, 2.05) is 13.0 Å². The van der Waals surface area contributed by atoms with E-state index in [1.165, 1.54) is 32.1 Å². The number of nitrogens with zero attached hydrogens (tertiary/aromatic N) is 3. The number of aryl methyl sites for hydroxylation is 1. The molecule has 2 aromatic carbocycles. The zero-order valence-electron chi connectivity index (χ0n) is 25.9. The molecule has 2 aromatic heterocycles. The Morgan fingerprint density at radius 2 is 1.69 bits per heavy atom. The molecule has 1 unspecified atom stereocenters. The van der Waals surface area contributed by atoms with Crippen LogP contribution in [0.4, 0.5) is 5.69 Å². The third-order valence-corrected chi connectivity index (χ3v) is 8.70. The summed E-state index contributed by atoms with van der Waals surface area (Å²) in [5, 5.41) is 1.07. The lowest BCUT2D eigenvalue weighted by Gasteiger charge is -2.32. The lowest BCUT2D eigenvalue weighted by molar-refractivity contribution is 0.0238. The van der Waals surface area contributed by atoms with E-state index >= 15 is 0 Å². The molecule has 0 N–H and O–H groups in total. The van der Waals surface area contributed by atoms with Crippen molar-refractivity contribution in [2.75, 3.05) is 24.6 Å². The van der Waals surface area contributed by atoms with Gasteiger partial charge < -0.3 is 18.9 Å². The molecule has 1 aliphatic heterocycles. The van der Waals surface area contributed by atoms with Crippen molar-refractivity contribution in [2.45, 2.75) is 85.3 Å². The third-order valence-electron chi connectivity index (χ3n) is 8.70. The van der Waals surface area contributed by atoms with E-state index in [-0.39, 0.29) is 5.97 Å². The maximum atomic E-state index is 13.6. The highest BCUT2D eigenvalue weighted by Crippen LogP contribution is 2.53. The molecule has 1 aliphatic rings. The minimum atomic E-state index is -1.24. The summed E-state index contributed by atoms with van der Waals surface area (Å²) in [7, 11) is 0. The molecule has 0 fully saturated rings. The highest BCUT2D eigenvalue weighted by Gasteiger charge is 2.54. The Bertz CT molecular complexity index is 1540. The van der Waals surface area contributed by atoms with Gasteiger partial charge >= 0.3 is 5.97 Å². The van der Waals surface area contributed by atoms with E-state index in [2.05, 4.69) is 79.6 Å². The van der Waals surface area contributed by atoms with Gasteiger partial charge in [-0.1, -0.05) is 57.2 Å². The van der Waals surface area contributed by atoms with Gasteiger partial charge in [-0.2, -0.15) is 0 Å². The van der Waals surface area contributed by atoms with Gasteiger partial charge in [0.2, 0.25) is 5.60 Å². The van der Waals surface area contributed by atoms with Crippen LogP contribution < -0.4 is 9.64 Å². The number of benzene rings is 2. The van der Waals surface area contributed by atoms with Crippen LogP contribution >= 0.6 is 0 Å². The Morgan fingerprint density at radius 1 is 0.929 bits per heavy atom. The molecule has 0 bridgehead atoms. The first-order valence-electron chi connectivity index (χ1n) is 15.8. The van der Waals surface area contributed by atoms with Crippen LogP contribution in [0.2, 0.25) is 0 Å². The summed E-state index contributed by atoms with van der Waals surface area (Å²) in [6, 6.07) is 18.4. The number of fused-ring (bicyclic) bond motifs is 2. The lowest BCUT2D eigenvalue weighted by Crippen LogP contribution is -2.32. The first kappa shape index (κ1) is 29.7. The van der Waals surface area contributed by atoms with Crippen molar-refractivity contribution in [1.29, 1.82) is 0 Å². The number of para-hydroxylation sites is 1. The molecule has 5 rings (SSSR count). The van der Waals surface area contributed by atoms with Crippen LogP contribution in [0.15, 0.2) is 60.8 Å². The number of carbonyl (C=O) groups is 1. The molecule has 0 saturated carbocycles. The average molecular weight is 568 g/mol. The van der Waals surface area contributed by atoms with Crippen LogP contribution in [0.5, 0.6) is 5.75 Å². The molecular weight excluding hydrogens is 522 g/mol. The largest absolute Gasteiger partial charge is 0.493 e. The molecule has 0 radical (unpaired) electrons. The normalized spacial score (nSPS) is 16.1. The van der Waals surface area contributed by atoms with Gasteiger partial charge in [0.15, 0.2) is 0 Å². The summed E-state index contributed by atoms with van der Waals surface area (Å²) in [6.45, 7) is 13.9. The topological polar surface area (TPSA) is 56.6 Å². The second kappa shape index (κ2) is 13.0. The summed E-state index contributed by atoms with van der Waals surface area (Å²) in [5.41, 5.74) is 4.97. The van der Waals surface area contributed by atoms with Crippen LogP contribution in [0.3, 0.4) is 0 Å². The van der Waals surface area contributed by atoms with Crippen molar-refractivity contribution in [2.24, 2.45) is 0 Å². The van der Waals surface area contributed by atoms with Gasteiger partial charge in [-0.25, -0.2) is 4.79 Å². The Morgan fingerprint density at radius 3 is 2.45 bits per heavy atom. The fourth-order valence-corrected chi connectivity index (χ4v) is 6.66. The lowest BCUT2D eigenvalue weighted by atomic mass is 9.80. The predicted molar refractivity (Wildman–Crippen MR) is 171 cm³/mol. The van der Waals surface area contributed by atoms with E-state index in [9.17, 15) is 4.79 Å². The molecule has 0 amide bonds. The molecular formula is C36H45N3O3.